The molecule has 4 heteroatoms. The van der Waals surface area contributed by atoms with Crippen molar-refractivity contribution in [2.75, 3.05) is 0 Å². The van der Waals surface area contributed by atoms with Crippen molar-refractivity contribution in [3.63, 3.8) is 0 Å². The zero-order valence-electron chi connectivity index (χ0n) is 19.1. The second-order valence-corrected chi connectivity index (χ2v) is 12.0. The quantitative estimate of drug-likeness (QED) is 0.476. The molecule has 1 fully saturated rings. The highest BCUT2D eigenvalue weighted by molar-refractivity contribution is 7.96. The molecule has 1 aliphatic carbocycles. The van der Waals surface area contributed by atoms with Crippen LogP contribution in [0.15, 0.2) is 24.3 Å². The lowest BCUT2D eigenvalue weighted by atomic mass is 10.00. The molecule has 0 heterocycles. The van der Waals surface area contributed by atoms with Gasteiger partial charge in [0.15, 0.2) is 0 Å². The van der Waals surface area contributed by atoms with Gasteiger partial charge in [-0.3, -0.25) is 9.59 Å². The summed E-state index contributed by atoms with van der Waals surface area (Å²) in [6, 6.07) is 7.77. The second-order valence-electron chi connectivity index (χ2n) is 9.11. The van der Waals surface area contributed by atoms with Gasteiger partial charge in [0.1, 0.15) is 0 Å². The fraction of sp³-hybridized carbons (Fsp3) is 0.462. The summed E-state index contributed by atoms with van der Waals surface area (Å²) >= 11 is 0. The van der Waals surface area contributed by atoms with Gasteiger partial charge in [-0.1, -0.05) is 54.7 Å². The minimum Gasteiger partial charge on any atom is -0.306 e. The summed E-state index contributed by atoms with van der Waals surface area (Å²) < 4.78 is 14.6. The first-order chi connectivity index (χ1) is 14.1. The Labute approximate surface area is 180 Å². The Bertz CT molecular complexity index is 938. The molecule has 30 heavy (non-hydrogen) atoms. The number of benzene rings is 2. The molecule has 0 aromatic heterocycles. The SMILES string of the molecule is Cc1cc(C)c(C(=O)P(=O)(C(=O)c2c(C)cc(C)cc2C)C2CCCCC2)c(C)c1. The lowest BCUT2D eigenvalue weighted by Crippen LogP contribution is -2.25. The smallest absolute Gasteiger partial charge is 0.229 e. The highest BCUT2D eigenvalue weighted by Crippen LogP contribution is 2.61. The predicted molar refractivity (Wildman–Crippen MR) is 124 cm³/mol. The first-order valence-corrected chi connectivity index (χ1v) is 12.7. The van der Waals surface area contributed by atoms with Gasteiger partial charge in [-0.25, -0.2) is 0 Å². The maximum atomic E-state index is 14.6. The Morgan fingerprint density at radius 2 is 1.00 bits per heavy atom. The van der Waals surface area contributed by atoms with Crippen molar-refractivity contribution in [3.05, 3.63) is 68.8 Å². The minimum atomic E-state index is -3.84. The van der Waals surface area contributed by atoms with Crippen LogP contribution in [-0.2, 0) is 4.57 Å². The molecular formula is C26H33O3P. The van der Waals surface area contributed by atoms with Crippen molar-refractivity contribution in [2.24, 2.45) is 0 Å². The minimum absolute atomic E-state index is 0.355. The van der Waals surface area contributed by atoms with Gasteiger partial charge in [-0.2, -0.15) is 0 Å². The van der Waals surface area contributed by atoms with Crippen LogP contribution in [-0.4, -0.2) is 16.7 Å². The lowest BCUT2D eigenvalue weighted by Gasteiger charge is -2.30. The summed E-state index contributed by atoms with van der Waals surface area (Å²) in [7, 11) is -3.84. The summed E-state index contributed by atoms with van der Waals surface area (Å²) in [5, 5.41) is 0. The average molecular weight is 425 g/mol. The third-order valence-corrected chi connectivity index (χ3v) is 9.67. The van der Waals surface area contributed by atoms with Gasteiger partial charge in [-0.05, 0) is 76.6 Å². The molecule has 0 unspecified atom stereocenters. The largest absolute Gasteiger partial charge is 0.306 e. The molecule has 0 aliphatic heterocycles. The zero-order chi connectivity index (χ0) is 22.2. The van der Waals surface area contributed by atoms with E-state index in [9.17, 15) is 14.2 Å². The van der Waals surface area contributed by atoms with Crippen LogP contribution in [0.5, 0.6) is 0 Å². The number of carbonyl (C=O) groups is 2. The second kappa shape index (κ2) is 8.63. The Morgan fingerprint density at radius 1 is 0.667 bits per heavy atom. The first-order valence-electron chi connectivity index (χ1n) is 10.9. The molecule has 2 aromatic carbocycles. The van der Waals surface area contributed by atoms with E-state index >= 15 is 0 Å². The molecule has 3 nitrogen and oxygen atoms in total. The molecule has 1 aliphatic rings. The predicted octanol–water partition coefficient (Wildman–Crippen LogP) is 7.21. The molecule has 0 bridgehead atoms. The fourth-order valence-corrected chi connectivity index (χ4v) is 8.55. The van der Waals surface area contributed by atoms with Crippen LogP contribution in [0.4, 0.5) is 0 Å². The fourth-order valence-electron chi connectivity index (χ4n) is 5.24. The molecule has 160 valence electrons. The monoisotopic (exact) mass is 424 g/mol. The van der Waals surface area contributed by atoms with E-state index in [0.717, 1.165) is 52.6 Å². The Hall–Kier alpha value is -1.99. The summed E-state index contributed by atoms with van der Waals surface area (Å²) in [6.07, 6.45) is 4.29. The molecule has 0 spiro atoms. The maximum absolute atomic E-state index is 14.6. The molecule has 0 N–H and O–H groups in total. The van der Waals surface area contributed by atoms with Crippen LogP contribution in [0.1, 0.15) is 86.2 Å². The summed E-state index contributed by atoms with van der Waals surface area (Å²) in [6.45, 7) is 11.5. The molecule has 1 saturated carbocycles. The Balaban J connectivity index is 2.22. The van der Waals surface area contributed by atoms with E-state index < -0.39 is 18.2 Å². The van der Waals surface area contributed by atoms with Crippen molar-refractivity contribution < 1.29 is 14.2 Å². The topological polar surface area (TPSA) is 51.2 Å². The van der Waals surface area contributed by atoms with Gasteiger partial charge in [0.25, 0.3) is 0 Å². The number of aryl methyl sites for hydroxylation is 6. The highest BCUT2D eigenvalue weighted by atomic mass is 31.2. The van der Waals surface area contributed by atoms with E-state index in [1.165, 1.54) is 0 Å². The average Bonchev–Trinajstić information content (AvgIpc) is 2.66. The normalized spacial score (nSPS) is 15.3. The molecule has 3 rings (SSSR count). The van der Waals surface area contributed by atoms with Crippen molar-refractivity contribution in [1.29, 1.82) is 0 Å². The van der Waals surface area contributed by atoms with Gasteiger partial charge in [0, 0.05) is 16.8 Å². The highest BCUT2D eigenvalue weighted by Gasteiger charge is 2.48. The third-order valence-electron chi connectivity index (χ3n) is 6.47. The molecule has 2 aromatic rings. The van der Waals surface area contributed by atoms with E-state index in [2.05, 4.69) is 0 Å². The number of carbonyl (C=O) groups excluding carboxylic acids is 2. The molecular weight excluding hydrogens is 391 g/mol. The van der Waals surface area contributed by atoms with Crippen LogP contribution < -0.4 is 0 Å². The van der Waals surface area contributed by atoms with Crippen molar-refractivity contribution >= 4 is 18.2 Å². The van der Waals surface area contributed by atoms with Gasteiger partial charge in [-0.15, -0.1) is 0 Å². The van der Waals surface area contributed by atoms with Gasteiger partial charge < -0.3 is 4.57 Å². The molecule has 0 atom stereocenters. The number of hydrogen-bond acceptors (Lipinski definition) is 3. The number of hydrogen-bond donors (Lipinski definition) is 0. The van der Waals surface area contributed by atoms with Gasteiger partial charge >= 0.3 is 0 Å². The van der Waals surface area contributed by atoms with Crippen LogP contribution in [0.25, 0.3) is 0 Å². The summed E-state index contributed by atoms with van der Waals surface area (Å²) in [5.41, 5.74) is 5.07. The van der Waals surface area contributed by atoms with E-state index in [1.807, 2.05) is 65.8 Å². The van der Waals surface area contributed by atoms with Crippen molar-refractivity contribution in [3.8, 4) is 0 Å². The van der Waals surface area contributed by atoms with Crippen LogP contribution in [0, 0.1) is 41.5 Å². The zero-order valence-corrected chi connectivity index (χ0v) is 20.0. The lowest BCUT2D eigenvalue weighted by molar-refractivity contribution is 0.103. The van der Waals surface area contributed by atoms with E-state index in [1.54, 1.807) is 0 Å². The van der Waals surface area contributed by atoms with Gasteiger partial charge in [0.2, 0.25) is 18.2 Å². The van der Waals surface area contributed by atoms with E-state index in [-0.39, 0.29) is 5.66 Å². The van der Waals surface area contributed by atoms with Crippen LogP contribution in [0.2, 0.25) is 0 Å². The summed E-state index contributed by atoms with van der Waals surface area (Å²) in [5.74, 6) is 0. The standard InChI is InChI=1S/C26H33O3P/c1-16-12-18(3)23(19(4)13-16)25(27)30(29,22-10-8-7-9-11-22)26(28)24-20(5)14-17(2)15-21(24)6/h12-15,22H,7-11H2,1-6H3. The first kappa shape index (κ1) is 22.7. The van der Waals surface area contributed by atoms with E-state index in [0.29, 0.717) is 24.0 Å². The van der Waals surface area contributed by atoms with Crippen molar-refractivity contribution in [2.45, 2.75) is 79.3 Å². The summed E-state index contributed by atoms with van der Waals surface area (Å²) in [4.78, 5) is 27.9. The maximum Gasteiger partial charge on any atom is 0.229 e. The van der Waals surface area contributed by atoms with E-state index in [4.69, 9.17) is 0 Å². The van der Waals surface area contributed by atoms with Crippen LogP contribution in [0.3, 0.4) is 0 Å². The Kier molecular flexibility index (Phi) is 6.53. The Morgan fingerprint density at radius 3 is 1.33 bits per heavy atom. The van der Waals surface area contributed by atoms with Crippen molar-refractivity contribution in [1.82, 2.24) is 0 Å². The molecule has 0 amide bonds. The number of rotatable bonds is 5. The third kappa shape index (κ3) is 3.97. The molecule has 0 saturated heterocycles. The van der Waals surface area contributed by atoms with Gasteiger partial charge in [0.05, 0.1) is 0 Å². The molecule has 0 radical (unpaired) electrons. The van der Waals surface area contributed by atoms with Crippen LogP contribution >= 0.6 is 7.14 Å².